The normalized spacial score (nSPS) is 13.7. The monoisotopic (exact) mass is 473 g/mol. The van der Waals surface area contributed by atoms with E-state index in [4.69, 9.17) is 0 Å². The van der Waals surface area contributed by atoms with Gasteiger partial charge >= 0.3 is 0 Å². The Morgan fingerprint density at radius 3 is 2.63 bits per heavy atom. The Balaban J connectivity index is 1.36. The number of hydrogen-bond donors (Lipinski definition) is 2. The maximum absolute atomic E-state index is 14.9. The summed E-state index contributed by atoms with van der Waals surface area (Å²) in [6.07, 6.45) is 4.05. The molecule has 3 heterocycles. The van der Waals surface area contributed by atoms with Gasteiger partial charge in [0.05, 0.1) is 16.9 Å². The Labute approximate surface area is 201 Å². The molecular weight excluding hydrogens is 449 g/mol. The fraction of sp³-hybridized carbons (Fsp3) is 0.200. The second-order valence-corrected chi connectivity index (χ2v) is 8.21. The van der Waals surface area contributed by atoms with Gasteiger partial charge < -0.3 is 20.4 Å². The molecule has 4 aromatic rings. The number of aromatic nitrogens is 3. The van der Waals surface area contributed by atoms with Gasteiger partial charge in [-0.05, 0) is 30.3 Å². The van der Waals surface area contributed by atoms with Crippen molar-refractivity contribution in [1.82, 2.24) is 19.4 Å². The number of piperazine rings is 1. The molecular formula is C25H24FN7O2. The van der Waals surface area contributed by atoms with Crippen molar-refractivity contribution in [2.75, 3.05) is 41.7 Å². The Morgan fingerprint density at radius 2 is 1.89 bits per heavy atom. The highest BCUT2D eigenvalue weighted by Crippen LogP contribution is 2.29. The van der Waals surface area contributed by atoms with Crippen molar-refractivity contribution < 1.29 is 14.0 Å². The molecule has 178 valence electrons. The van der Waals surface area contributed by atoms with Gasteiger partial charge in [0.15, 0.2) is 0 Å². The number of benzene rings is 2. The smallest absolute Gasteiger partial charge is 0.229 e. The lowest BCUT2D eigenvalue weighted by atomic mass is 10.2. The standard InChI is InChI=1S/C25H24FN7O2/c1-17(35)31-10-12-32(13-11-31)23-7-6-18(14-20(23)26)29-25-27-9-8-24(30-25)33-15-21(28-16-34)19-4-2-3-5-22(19)33/h2-9,14-16H,10-13H2,1H3,(H,28,34)(H,27,29,30). The summed E-state index contributed by atoms with van der Waals surface area (Å²) in [5.74, 6) is 0.588. The van der Waals surface area contributed by atoms with Gasteiger partial charge in [-0.2, -0.15) is 4.98 Å². The Bertz CT molecular complexity index is 1400. The van der Waals surface area contributed by atoms with Gasteiger partial charge in [0.25, 0.3) is 0 Å². The van der Waals surface area contributed by atoms with Crippen LogP contribution in [0.2, 0.25) is 0 Å². The third-order valence-electron chi connectivity index (χ3n) is 6.08. The van der Waals surface area contributed by atoms with Crippen LogP contribution in [-0.2, 0) is 9.59 Å². The topological polar surface area (TPSA) is 95.4 Å². The molecule has 9 nitrogen and oxygen atoms in total. The van der Waals surface area contributed by atoms with Crippen molar-refractivity contribution in [2.45, 2.75) is 6.92 Å². The van der Waals surface area contributed by atoms with E-state index in [0.717, 1.165) is 10.9 Å². The molecule has 0 unspecified atom stereocenters. The summed E-state index contributed by atoms with van der Waals surface area (Å²) in [5.41, 5.74) is 2.57. The summed E-state index contributed by atoms with van der Waals surface area (Å²) >= 11 is 0. The van der Waals surface area contributed by atoms with Crippen molar-refractivity contribution in [3.63, 3.8) is 0 Å². The van der Waals surface area contributed by atoms with E-state index in [2.05, 4.69) is 20.6 Å². The lowest BCUT2D eigenvalue weighted by molar-refractivity contribution is -0.129. The minimum Gasteiger partial charge on any atom is -0.366 e. The molecule has 2 N–H and O–H groups in total. The van der Waals surface area contributed by atoms with Crippen molar-refractivity contribution in [1.29, 1.82) is 0 Å². The number of halogens is 1. The number of carbonyl (C=O) groups is 2. The lowest BCUT2D eigenvalue weighted by Crippen LogP contribution is -2.48. The van der Waals surface area contributed by atoms with Gasteiger partial charge in [0.1, 0.15) is 11.6 Å². The minimum absolute atomic E-state index is 0.0380. The zero-order valence-electron chi connectivity index (χ0n) is 19.1. The Kier molecular flexibility index (Phi) is 6.01. The number of fused-ring (bicyclic) bond motifs is 1. The number of anilines is 4. The van der Waals surface area contributed by atoms with E-state index in [0.29, 0.717) is 61.4 Å². The molecule has 0 aliphatic carbocycles. The fourth-order valence-electron chi connectivity index (χ4n) is 4.32. The van der Waals surface area contributed by atoms with Gasteiger partial charge in [-0.3, -0.25) is 14.2 Å². The largest absolute Gasteiger partial charge is 0.366 e. The molecule has 2 aromatic carbocycles. The number of carbonyl (C=O) groups excluding carboxylic acids is 2. The van der Waals surface area contributed by atoms with E-state index >= 15 is 0 Å². The number of rotatable bonds is 6. The molecule has 1 saturated heterocycles. The minimum atomic E-state index is -0.358. The van der Waals surface area contributed by atoms with Crippen LogP contribution in [0.4, 0.5) is 27.4 Å². The summed E-state index contributed by atoms with van der Waals surface area (Å²) in [6, 6.07) is 14.3. The van der Waals surface area contributed by atoms with E-state index in [1.54, 1.807) is 42.4 Å². The number of hydrogen-bond acceptors (Lipinski definition) is 6. The average Bonchev–Trinajstić information content (AvgIpc) is 3.23. The van der Waals surface area contributed by atoms with Crippen LogP contribution in [0, 0.1) is 5.82 Å². The number of para-hydroxylation sites is 1. The Morgan fingerprint density at radius 1 is 1.09 bits per heavy atom. The first-order valence-electron chi connectivity index (χ1n) is 11.2. The summed E-state index contributed by atoms with van der Waals surface area (Å²) in [7, 11) is 0. The zero-order valence-corrected chi connectivity index (χ0v) is 19.1. The number of amides is 2. The third kappa shape index (κ3) is 4.50. The van der Waals surface area contributed by atoms with E-state index in [-0.39, 0.29) is 11.7 Å². The van der Waals surface area contributed by atoms with E-state index in [9.17, 15) is 14.0 Å². The van der Waals surface area contributed by atoms with Gasteiger partial charge in [-0.15, -0.1) is 0 Å². The molecule has 1 aliphatic heterocycles. The number of nitrogens with zero attached hydrogens (tertiary/aromatic N) is 5. The summed E-state index contributed by atoms with van der Waals surface area (Å²) in [4.78, 5) is 35.1. The second kappa shape index (κ2) is 9.41. The van der Waals surface area contributed by atoms with Crippen molar-refractivity contribution in [3.8, 4) is 5.82 Å². The summed E-state index contributed by atoms with van der Waals surface area (Å²) in [5, 5.41) is 6.67. The maximum atomic E-state index is 14.9. The highest BCUT2D eigenvalue weighted by atomic mass is 19.1. The molecule has 0 radical (unpaired) electrons. The predicted octanol–water partition coefficient (Wildman–Crippen LogP) is 3.54. The Hall–Kier alpha value is -4.47. The first-order chi connectivity index (χ1) is 17.0. The van der Waals surface area contributed by atoms with Gasteiger partial charge in [0.2, 0.25) is 18.3 Å². The quantitative estimate of drug-likeness (QED) is 0.416. The molecule has 0 atom stereocenters. The second-order valence-electron chi connectivity index (χ2n) is 8.21. The highest BCUT2D eigenvalue weighted by Gasteiger charge is 2.21. The molecule has 1 fully saturated rings. The van der Waals surface area contributed by atoms with Crippen molar-refractivity contribution in [3.05, 3.63) is 66.7 Å². The molecule has 1 aliphatic rings. The molecule has 0 saturated carbocycles. The van der Waals surface area contributed by atoms with Crippen LogP contribution in [0.25, 0.3) is 16.7 Å². The molecule has 10 heteroatoms. The van der Waals surface area contributed by atoms with Crippen LogP contribution in [0.5, 0.6) is 0 Å². The summed E-state index contributed by atoms with van der Waals surface area (Å²) < 4.78 is 16.8. The van der Waals surface area contributed by atoms with Crippen molar-refractivity contribution in [2.24, 2.45) is 0 Å². The number of nitrogens with one attached hydrogen (secondary N) is 2. The molecule has 2 amide bonds. The molecule has 2 aromatic heterocycles. The first-order valence-corrected chi connectivity index (χ1v) is 11.2. The summed E-state index contributed by atoms with van der Waals surface area (Å²) in [6.45, 7) is 3.87. The van der Waals surface area contributed by atoms with Gasteiger partial charge in [0, 0.05) is 56.6 Å². The van der Waals surface area contributed by atoms with Crippen LogP contribution in [0.3, 0.4) is 0 Å². The highest BCUT2D eigenvalue weighted by molar-refractivity contribution is 5.97. The predicted molar refractivity (Wildman–Crippen MR) is 133 cm³/mol. The lowest BCUT2D eigenvalue weighted by Gasteiger charge is -2.35. The SMILES string of the molecule is CC(=O)N1CCN(c2ccc(Nc3nccc(-n4cc(NC=O)c5ccccc54)n3)cc2F)CC1. The van der Waals surface area contributed by atoms with Crippen LogP contribution >= 0.6 is 0 Å². The van der Waals surface area contributed by atoms with Gasteiger partial charge in [-0.25, -0.2) is 9.37 Å². The van der Waals surface area contributed by atoms with Crippen LogP contribution in [0.1, 0.15) is 6.92 Å². The fourth-order valence-corrected chi connectivity index (χ4v) is 4.32. The third-order valence-corrected chi connectivity index (χ3v) is 6.08. The molecule has 0 spiro atoms. The van der Waals surface area contributed by atoms with Crippen LogP contribution in [0.15, 0.2) is 60.9 Å². The molecule has 0 bridgehead atoms. The van der Waals surface area contributed by atoms with Crippen LogP contribution in [-0.4, -0.2) is 57.9 Å². The van der Waals surface area contributed by atoms with Crippen LogP contribution < -0.4 is 15.5 Å². The van der Waals surface area contributed by atoms with E-state index in [1.807, 2.05) is 33.7 Å². The first kappa shape index (κ1) is 22.3. The van der Waals surface area contributed by atoms with Crippen molar-refractivity contribution >= 4 is 46.2 Å². The van der Waals surface area contributed by atoms with Gasteiger partial charge in [-0.1, -0.05) is 18.2 Å². The maximum Gasteiger partial charge on any atom is 0.229 e. The van der Waals surface area contributed by atoms with E-state index in [1.165, 1.54) is 6.07 Å². The molecule has 5 rings (SSSR count). The average molecular weight is 474 g/mol. The zero-order chi connectivity index (χ0) is 24.4. The molecule has 35 heavy (non-hydrogen) atoms. The van der Waals surface area contributed by atoms with E-state index < -0.39 is 0 Å².